The molecule has 1 aliphatic rings. The van der Waals surface area contributed by atoms with E-state index in [4.69, 9.17) is 5.73 Å². The monoisotopic (exact) mass is 232 g/mol. The van der Waals surface area contributed by atoms with E-state index in [9.17, 15) is 4.79 Å². The van der Waals surface area contributed by atoms with Gasteiger partial charge in [0.05, 0.1) is 5.41 Å². The fourth-order valence-electron chi connectivity index (χ4n) is 2.76. The van der Waals surface area contributed by atoms with E-state index in [1.54, 1.807) is 0 Å². The van der Waals surface area contributed by atoms with Crippen molar-refractivity contribution in [3.05, 3.63) is 35.9 Å². The molecule has 1 heterocycles. The van der Waals surface area contributed by atoms with Gasteiger partial charge in [-0.15, -0.1) is 0 Å². The molecule has 2 rings (SSSR count). The zero-order chi connectivity index (χ0) is 12.3. The lowest BCUT2D eigenvalue weighted by Gasteiger charge is -2.38. The first-order valence-corrected chi connectivity index (χ1v) is 6.22. The molecule has 3 nitrogen and oxygen atoms in total. The van der Waals surface area contributed by atoms with Gasteiger partial charge in [0.1, 0.15) is 0 Å². The molecule has 1 amide bonds. The maximum atomic E-state index is 11.9. The van der Waals surface area contributed by atoms with Crippen LogP contribution < -0.4 is 11.1 Å². The Morgan fingerprint density at radius 3 is 2.41 bits per heavy atom. The van der Waals surface area contributed by atoms with Crippen LogP contribution in [0.4, 0.5) is 0 Å². The summed E-state index contributed by atoms with van der Waals surface area (Å²) < 4.78 is 0. The molecular weight excluding hydrogens is 212 g/mol. The number of hydrogen-bond acceptors (Lipinski definition) is 2. The first-order valence-electron chi connectivity index (χ1n) is 6.22. The van der Waals surface area contributed by atoms with E-state index in [1.807, 2.05) is 37.3 Å². The van der Waals surface area contributed by atoms with Crippen molar-refractivity contribution in [2.24, 2.45) is 11.7 Å². The van der Waals surface area contributed by atoms with Crippen LogP contribution in [0.15, 0.2) is 30.3 Å². The molecule has 3 N–H and O–H groups in total. The zero-order valence-electron chi connectivity index (χ0n) is 10.3. The van der Waals surface area contributed by atoms with Crippen LogP contribution in [0.3, 0.4) is 0 Å². The van der Waals surface area contributed by atoms with Gasteiger partial charge in [-0.3, -0.25) is 4.79 Å². The minimum Gasteiger partial charge on any atom is -0.369 e. The molecule has 0 saturated carbocycles. The fourth-order valence-corrected chi connectivity index (χ4v) is 2.76. The van der Waals surface area contributed by atoms with E-state index in [-0.39, 0.29) is 5.91 Å². The van der Waals surface area contributed by atoms with Crippen LogP contribution in [-0.2, 0) is 10.2 Å². The van der Waals surface area contributed by atoms with Crippen molar-refractivity contribution in [3.63, 3.8) is 0 Å². The van der Waals surface area contributed by atoms with E-state index in [0.717, 1.165) is 31.5 Å². The third-order valence-electron chi connectivity index (χ3n) is 4.04. The number of nitrogens with two attached hydrogens (primary N) is 1. The highest BCUT2D eigenvalue weighted by atomic mass is 16.1. The Labute approximate surface area is 102 Å². The van der Waals surface area contributed by atoms with Gasteiger partial charge in [0, 0.05) is 0 Å². The number of piperidine rings is 1. The molecule has 1 fully saturated rings. The van der Waals surface area contributed by atoms with Crippen molar-refractivity contribution in [2.45, 2.75) is 25.2 Å². The highest BCUT2D eigenvalue weighted by Gasteiger charge is 2.41. The predicted molar refractivity (Wildman–Crippen MR) is 68.6 cm³/mol. The predicted octanol–water partition coefficient (Wildman–Crippen LogP) is 1.43. The van der Waals surface area contributed by atoms with Gasteiger partial charge in [0.25, 0.3) is 0 Å². The second kappa shape index (κ2) is 4.88. The molecule has 1 unspecified atom stereocenters. The van der Waals surface area contributed by atoms with Crippen LogP contribution >= 0.6 is 0 Å². The molecule has 1 atom stereocenters. The average molecular weight is 232 g/mol. The van der Waals surface area contributed by atoms with Gasteiger partial charge in [-0.25, -0.2) is 0 Å². The van der Waals surface area contributed by atoms with E-state index in [1.165, 1.54) is 0 Å². The molecule has 0 bridgehead atoms. The van der Waals surface area contributed by atoms with Crippen molar-refractivity contribution in [1.82, 2.24) is 5.32 Å². The Bertz CT molecular complexity index is 384. The molecule has 17 heavy (non-hydrogen) atoms. The van der Waals surface area contributed by atoms with Crippen molar-refractivity contribution in [2.75, 3.05) is 13.1 Å². The summed E-state index contributed by atoms with van der Waals surface area (Å²) in [6, 6.07) is 9.92. The van der Waals surface area contributed by atoms with Crippen LogP contribution in [0, 0.1) is 5.92 Å². The summed E-state index contributed by atoms with van der Waals surface area (Å²) in [7, 11) is 0. The number of primary amides is 1. The van der Waals surface area contributed by atoms with Gasteiger partial charge < -0.3 is 11.1 Å². The minimum atomic E-state index is -0.538. The van der Waals surface area contributed by atoms with Crippen LogP contribution in [0.25, 0.3) is 0 Å². The quantitative estimate of drug-likeness (QED) is 0.828. The third-order valence-corrected chi connectivity index (χ3v) is 4.04. The average Bonchev–Trinajstić information content (AvgIpc) is 2.39. The molecule has 92 valence electrons. The molecular formula is C14H20N2O. The molecule has 1 aromatic carbocycles. The van der Waals surface area contributed by atoms with Gasteiger partial charge in [0.2, 0.25) is 5.91 Å². The number of hydrogen-bond donors (Lipinski definition) is 2. The first kappa shape index (κ1) is 12.1. The molecule has 1 aliphatic heterocycles. The standard InChI is InChI=1S/C14H20N2O/c1-14(13(15)17,11-5-3-2-4-6-11)12-7-9-16-10-8-12/h2-6,12,16H,7-10H2,1H3,(H2,15,17). The smallest absolute Gasteiger partial charge is 0.228 e. The van der Waals surface area contributed by atoms with Crippen molar-refractivity contribution in [1.29, 1.82) is 0 Å². The summed E-state index contributed by atoms with van der Waals surface area (Å²) in [4.78, 5) is 11.9. The van der Waals surface area contributed by atoms with E-state index < -0.39 is 5.41 Å². The van der Waals surface area contributed by atoms with E-state index in [0.29, 0.717) is 5.92 Å². The second-order valence-corrected chi connectivity index (χ2v) is 4.96. The number of carbonyl (C=O) groups excluding carboxylic acids is 1. The Hall–Kier alpha value is -1.35. The molecule has 3 heteroatoms. The Balaban J connectivity index is 2.35. The highest BCUT2D eigenvalue weighted by molar-refractivity contribution is 5.86. The molecule has 0 spiro atoms. The van der Waals surface area contributed by atoms with E-state index in [2.05, 4.69) is 5.32 Å². The summed E-state index contributed by atoms with van der Waals surface area (Å²) in [5.41, 5.74) is 6.18. The topological polar surface area (TPSA) is 55.1 Å². The molecule has 1 saturated heterocycles. The minimum absolute atomic E-state index is 0.212. The fraction of sp³-hybridized carbons (Fsp3) is 0.500. The Morgan fingerprint density at radius 1 is 1.29 bits per heavy atom. The number of amides is 1. The molecule has 1 aromatic rings. The van der Waals surface area contributed by atoms with Gasteiger partial charge in [0.15, 0.2) is 0 Å². The van der Waals surface area contributed by atoms with Crippen molar-refractivity contribution in [3.8, 4) is 0 Å². The van der Waals surface area contributed by atoms with Crippen LogP contribution in [0.1, 0.15) is 25.3 Å². The van der Waals surface area contributed by atoms with Crippen LogP contribution in [-0.4, -0.2) is 19.0 Å². The van der Waals surface area contributed by atoms with Gasteiger partial charge in [-0.1, -0.05) is 30.3 Å². The van der Waals surface area contributed by atoms with Crippen LogP contribution in [0.5, 0.6) is 0 Å². The maximum Gasteiger partial charge on any atom is 0.228 e. The Morgan fingerprint density at radius 2 is 1.88 bits per heavy atom. The number of nitrogens with one attached hydrogen (secondary N) is 1. The van der Waals surface area contributed by atoms with Crippen molar-refractivity contribution < 1.29 is 4.79 Å². The largest absolute Gasteiger partial charge is 0.369 e. The lowest BCUT2D eigenvalue weighted by atomic mass is 9.67. The SMILES string of the molecule is CC(C(N)=O)(c1ccccc1)C1CCNCC1. The number of benzene rings is 1. The third kappa shape index (κ3) is 2.20. The lowest BCUT2D eigenvalue weighted by Crippen LogP contribution is -2.48. The highest BCUT2D eigenvalue weighted by Crippen LogP contribution is 2.36. The normalized spacial score (nSPS) is 20.8. The summed E-state index contributed by atoms with van der Waals surface area (Å²) in [6.07, 6.45) is 2.02. The number of carbonyl (C=O) groups is 1. The first-order chi connectivity index (χ1) is 8.15. The summed E-state index contributed by atoms with van der Waals surface area (Å²) in [6.45, 7) is 3.93. The summed E-state index contributed by atoms with van der Waals surface area (Å²) in [5.74, 6) is 0.124. The van der Waals surface area contributed by atoms with Gasteiger partial charge >= 0.3 is 0 Å². The van der Waals surface area contributed by atoms with Crippen molar-refractivity contribution >= 4 is 5.91 Å². The molecule has 0 aromatic heterocycles. The Kier molecular flexibility index (Phi) is 3.48. The maximum absolute atomic E-state index is 11.9. The zero-order valence-corrected chi connectivity index (χ0v) is 10.3. The van der Waals surface area contributed by atoms with E-state index >= 15 is 0 Å². The van der Waals surface area contributed by atoms with Gasteiger partial charge in [-0.2, -0.15) is 0 Å². The second-order valence-electron chi connectivity index (χ2n) is 4.96. The van der Waals surface area contributed by atoms with Gasteiger partial charge in [-0.05, 0) is 44.3 Å². The number of rotatable bonds is 3. The van der Waals surface area contributed by atoms with Crippen LogP contribution in [0.2, 0.25) is 0 Å². The lowest BCUT2D eigenvalue weighted by molar-refractivity contribution is -0.125. The summed E-state index contributed by atoms with van der Waals surface area (Å²) in [5, 5.41) is 3.33. The summed E-state index contributed by atoms with van der Waals surface area (Å²) >= 11 is 0. The molecule has 0 aliphatic carbocycles. The molecule has 0 radical (unpaired) electrons.